The van der Waals surface area contributed by atoms with Crippen LogP contribution in [-0.2, 0) is 4.79 Å². The van der Waals surface area contributed by atoms with Crippen molar-refractivity contribution < 1.29 is 9.59 Å². The van der Waals surface area contributed by atoms with Crippen LogP contribution in [0.1, 0.15) is 42.1 Å². The Hall–Kier alpha value is -2.27. The Kier molecular flexibility index (Phi) is 4.90. The Morgan fingerprint density at radius 1 is 1.29 bits per heavy atom. The van der Waals surface area contributed by atoms with Crippen molar-refractivity contribution in [2.75, 3.05) is 16.4 Å². The molecule has 3 rings (SSSR count). The van der Waals surface area contributed by atoms with Gasteiger partial charge >= 0.3 is 0 Å². The fourth-order valence-electron chi connectivity index (χ4n) is 2.68. The molecule has 0 saturated heterocycles. The van der Waals surface area contributed by atoms with Gasteiger partial charge in [0.2, 0.25) is 5.91 Å². The van der Waals surface area contributed by atoms with Crippen molar-refractivity contribution in [2.45, 2.75) is 31.1 Å². The number of benzene rings is 2. The van der Waals surface area contributed by atoms with Crippen LogP contribution >= 0.6 is 11.8 Å². The summed E-state index contributed by atoms with van der Waals surface area (Å²) < 4.78 is 0. The highest BCUT2D eigenvalue weighted by Gasteiger charge is 2.18. The molecule has 2 aromatic carbocycles. The molecular weight excluding hydrogens is 320 g/mol. The van der Waals surface area contributed by atoms with Gasteiger partial charge in [-0.2, -0.15) is 0 Å². The zero-order valence-electron chi connectivity index (χ0n) is 13.8. The number of anilines is 2. The first-order valence-corrected chi connectivity index (χ1v) is 9.04. The Morgan fingerprint density at radius 3 is 2.88 bits per heavy atom. The third-order valence-corrected chi connectivity index (χ3v) is 5.30. The molecular formula is C19H20N2O2S. The topological polar surface area (TPSA) is 58.2 Å². The van der Waals surface area contributed by atoms with Crippen LogP contribution in [-0.4, -0.2) is 17.6 Å². The van der Waals surface area contributed by atoms with E-state index in [1.165, 1.54) is 11.8 Å². The molecule has 5 heteroatoms. The molecule has 0 aromatic heterocycles. The molecule has 0 unspecified atom stereocenters. The van der Waals surface area contributed by atoms with Crippen molar-refractivity contribution in [3.8, 4) is 0 Å². The third kappa shape index (κ3) is 3.46. The normalized spacial score (nSPS) is 14.5. The molecule has 2 N–H and O–H groups in total. The van der Waals surface area contributed by atoms with E-state index < -0.39 is 0 Å². The molecule has 1 aliphatic rings. The highest BCUT2D eigenvalue weighted by molar-refractivity contribution is 8.00. The number of rotatable bonds is 4. The molecule has 0 fully saturated rings. The zero-order valence-corrected chi connectivity index (χ0v) is 14.6. The van der Waals surface area contributed by atoms with Crippen molar-refractivity contribution in [2.24, 2.45) is 0 Å². The molecule has 1 heterocycles. The molecule has 0 aliphatic carbocycles. The van der Waals surface area contributed by atoms with E-state index >= 15 is 0 Å². The molecule has 124 valence electrons. The molecule has 1 aliphatic heterocycles. The molecule has 0 radical (unpaired) electrons. The van der Waals surface area contributed by atoms with Gasteiger partial charge in [0.1, 0.15) is 0 Å². The lowest BCUT2D eigenvalue weighted by atomic mass is 9.97. The van der Waals surface area contributed by atoms with Crippen molar-refractivity contribution in [3.63, 3.8) is 0 Å². The fourth-order valence-corrected chi connectivity index (χ4v) is 3.47. The number of thioether (sulfide) groups is 1. The summed E-state index contributed by atoms with van der Waals surface area (Å²) in [6, 6.07) is 13.3. The summed E-state index contributed by atoms with van der Waals surface area (Å²) in [7, 11) is 0. The molecule has 2 aromatic rings. The lowest BCUT2D eigenvalue weighted by Gasteiger charge is -2.18. The number of nitrogens with one attached hydrogen (secondary N) is 2. The fraction of sp³-hybridized carbons (Fsp3) is 0.263. The van der Waals surface area contributed by atoms with Crippen LogP contribution in [0.5, 0.6) is 0 Å². The van der Waals surface area contributed by atoms with Gasteiger partial charge in [-0.25, -0.2) is 0 Å². The minimum absolute atomic E-state index is 0.0350. The van der Waals surface area contributed by atoms with E-state index in [4.69, 9.17) is 0 Å². The van der Waals surface area contributed by atoms with E-state index in [-0.39, 0.29) is 11.8 Å². The van der Waals surface area contributed by atoms with Gasteiger partial charge in [-0.3, -0.25) is 9.59 Å². The Morgan fingerprint density at radius 2 is 2.08 bits per heavy atom. The number of carbonyl (C=O) groups is 2. The maximum absolute atomic E-state index is 12.6. The molecule has 0 saturated carbocycles. The number of hydrogen-bond acceptors (Lipinski definition) is 3. The first kappa shape index (κ1) is 16.6. The average Bonchev–Trinajstić information content (AvgIpc) is 2.60. The van der Waals surface area contributed by atoms with Crippen LogP contribution in [0.4, 0.5) is 11.4 Å². The number of fused-ring (bicyclic) bond motifs is 1. The van der Waals surface area contributed by atoms with Crippen molar-refractivity contribution in [1.82, 2.24) is 0 Å². The largest absolute Gasteiger partial charge is 0.324 e. The van der Waals surface area contributed by atoms with Gasteiger partial charge in [0.15, 0.2) is 0 Å². The zero-order chi connectivity index (χ0) is 17.1. The van der Waals surface area contributed by atoms with Gasteiger partial charge in [-0.05, 0) is 42.2 Å². The van der Waals surface area contributed by atoms with Gasteiger partial charge in [0.05, 0.1) is 11.4 Å². The predicted octanol–water partition coefficient (Wildman–Crippen LogP) is 4.50. The summed E-state index contributed by atoms with van der Waals surface area (Å²) in [6.07, 6.45) is 1.01. The van der Waals surface area contributed by atoms with Crippen LogP contribution < -0.4 is 10.6 Å². The average molecular weight is 340 g/mol. The van der Waals surface area contributed by atoms with Crippen molar-refractivity contribution in [1.29, 1.82) is 0 Å². The lowest BCUT2D eigenvalue weighted by Crippen LogP contribution is -2.20. The summed E-state index contributed by atoms with van der Waals surface area (Å²) in [5.41, 5.74) is 3.22. The molecule has 4 nitrogen and oxygen atoms in total. The van der Waals surface area contributed by atoms with Gasteiger partial charge in [-0.1, -0.05) is 32.0 Å². The second-order valence-electron chi connectivity index (χ2n) is 5.90. The van der Waals surface area contributed by atoms with Crippen molar-refractivity contribution >= 4 is 35.0 Å². The standard InChI is InChI=1S/C19H20N2O2S/c1-3-12(2)14-6-4-5-7-15(14)21-19(23)13-8-9-17-16(10-13)20-18(22)11-24-17/h4-10,12H,3,11H2,1-2H3,(H,20,22)(H,21,23)/t12-/m0/s1. The molecule has 24 heavy (non-hydrogen) atoms. The van der Waals surface area contributed by atoms with Crippen LogP contribution in [0.15, 0.2) is 47.4 Å². The Labute approximate surface area is 146 Å². The smallest absolute Gasteiger partial charge is 0.255 e. The summed E-state index contributed by atoms with van der Waals surface area (Å²) >= 11 is 1.49. The lowest BCUT2D eigenvalue weighted by molar-refractivity contribution is -0.113. The monoisotopic (exact) mass is 340 g/mol. The maximum Gasteiger partial charge on any atom is 0.255 e. The quantitative estimate of drug-likeness (QED) is 0.862. The van der Waals surface area contributed by atoms with Gasteiger partial charge in [0, 0.05) is 16.1 Å². The number of para-hydroxylation sites is 1. The summed E-state index contributed by atoms with van der Waals surface area (Å²) in [5.74, 6) is 0.590. The minimum atomic E-state index is -0.168. The number of amides is 2. The van der Waals surface area contributed by atoms with E-state index in [1.807, 2.05) is 30.3 Å². The Balaban J connectivity index is 1.84. The van der Waals surface area contributed by atoms with E-state index in [1.54, 1.807) is 12.1 Å². The van der Waals surface area contributed by atoms with E-state index in [2.05, 4.69) is 24.5 Å². The summed E-state index contributed by atoms with van der Waals surface area (Å²) in [5, 5.41) is 5.82. The highest BCUT2D eigenvalue weighted by Crippen LogP contribution is 2.32. The SMILES string of the molecule is CC[C@H](C)c1ccccc1NC(=O)c1ccc2c(c1)NC(=O)CS2. The van der Waals surface area contributed by atoms with E-state index in [0.29, 0.717) is 22.9 Å². The second kappa shape index (κ2) is 7.09. The molecule has 0 bridgehead atoms. The molecule has 1 atom stereocenters. The first-order chi connectivity index (χ1) is 11.6. The van der Waals surface area contributed by atoms with Crippen LogP contribution in [0, 0.1) is 0 Å². The molecule has 2 amide bonds. The molecule has 0 spiro atoms. The van der Waals surface area contributed by atoms with Gasteiger partial charge < -0.3 is 10.6 Å². The van der Waals surface area contributed by atoms with Gasteiger partial charge in [-0.15, -0.1) is 11.8 Å². The predicted molar refractivity (Wildman–Crippen MR) is 98.9 cm³/mol. The van der Waals surface area contributed by atoms with Crippen LogP contribution in [0.25, 0.3) is 0 Å². The summed E-state index contributed by atoms with van der Waals surface area (Å²) in [6.45, 7) is 4.28. The van der Waals surface area contributed by atoms with Gasteiger partial charge in [0.25, 0.3) is 5.91 Å². The number of hydrogen-bond donors (Lipinski definition) is 2. The third-order valence-electron chi connectivity index (χ3n) is 4.23. The highest BCUT2D eigenvalue weighted by atomic mass is 32.2. The maximum atomic E-state index is 12.6. The van der Waals surface area contributed by atoms with E-state index in [0.717, 1.165) is 22.6 Å². The first-order valence-electron chi connectivity index (χ1n) is 8.05. The number of carbonyl (C=O) groups excluding carboxylic acids is 2. The van der Waals surface area contributed by atoms with E-state index in [9.17, 15) is 9.59 Å². The van der Waals surface area contributed by atoms with Crippen LogP contribution in [0.2, 0.25) is 0 Å². The van der Waals surface area contributed by atoms with Crippen LogP contribution in [0.3, 0.4) is 0 Å². The second-order valence-corrected chi connectivity index (χ2v) is 6.92. The summed E-state index contributed by atoms with van der Waals surface area (Å²) in [4.78, 5) is 25.1. The Bertz CT molecular complexity index is 789. The minimum Gasteiger partial charge on any atom is -0.324 e. The van der Waals surface area contributed by atoms with Crippen molar-refractivity contribution in [3.05, 3.63) is 53.6 Å².